The van der Waals surface area contributed by atoms with E-state index in [1.165, 1.54) is 25.9 Å². The van der Waals surface area contributed by atoms with E-state index >= 15 is 0 Å². The molecule has 1 unspecified atom stereocenters. The molecule has 2 aliphatic heterocycles. The molecule has 1 atom stereocenters. The van der Waals surface area contributed by atoms with Crippen LogP contribution >= 0.6 is 0 Å². The third kappa shape index (κ3) is 2.95. The Balaban J connectivity index is 1.51. The van der Waals surface area contributed by atoms with E-state index in [1.807, 2.05) is 4.90 Å². The van der Waals surface area contributed by atoms with Crippen LogP contribution in [-0.4, -0.2) is 58.6 Å². The molecule has 0 radical (unpaired) electrons. The Morgan fingerprint density at radius 3 is 2.47 bits per heavy atom. The predicted octanol–water partition coefficient (Wildman–Crippen LogP) is 1.38. The average Bonchev–Trinajstić information content (AvgIpc) is 3.09. The molecule has 3 aliphatic rings. The summed E-state index contributed by atoms with van der Waals surface area (Å²) in [6.07, 6.45) is 7.84. The van der Waals surface area contributed by atoms with E-state index in [4.69, 9.17) is 0 Å². The molecule has 19 heavy (non-hydrogen) atoms. The molecular weight excluding hydrogens is 240 g/mol. The highest BCUT2D eigenvalue weighted by Crippen LogP contribution is 2.33. The molecule has 2 heterocycles. The molecule has 0 spiro atoms. The summed E-state index contributed by atoms with van der Waals surface area (Å²) in [5, 5.41) is 10.3. The minimum absolute atomic E-state index is 0.172. The first-order chi connectivity index (χ1) is 9.16. The Morgan fingerprint density at radius 2 is 1.79 bits per heavy atom. The summed E-state index contributed by atoms with van der Waals surface area (Å²) in [5.74, 6) is 0.172. The van der Waals surface area contributed by atoms with Crippen molar-refractivity contribution in [2.45, 2.75) is 63.0 Å². The molecule has 3 fully saturated rings. The molecule has 0 aromatic carbocycles. The number of aliphatic hydroxyl groups is 1. The third-order valence-corrected chi connectivity index (χ3v) is 5.19. The van der Waals surface area contributed by atoms with Crippen LogP contribution in [0.3, 0.4) is 0 Å². The summed E-state index contributed by atoms with van der Waals surface area (Å²) in [5.41, 5.74) is -0.692. The van der Waals surface area contributed by atoms with E-state index < -0.39 is 5.60 Å². The van der Waals surface area contributed by atoms with E-state index in [0.717, 1.165) is 45.2 Å². The first-order valence-electron chi connectivity index (χ1n) is 7.91. The lowest BCUT2D eigenvalue weighted by atomic mass is 9.97. The molecule has 4 heteroatoms. The lowest BCUT2D eigenvalue weighted by Gasteiger charge is -2.26. The number of amides is 1. The molecule has 0 bridgehead atoms. The second-order valence-electron chi connectivity index (χ2n) is 6.63. The zero-order valence-electron chi connectivity index (χ0n) is 11.8. The van der Waals surface area contributed by atoms with Gasteiger partial charge >= 0.3 is 0 Å². The van der Waals surface area contributed by atoms with Crippen LogP contribution in [0.4, 0.5) is 0 Å². The predicted molar refractivity (Wildman–Crippen MR) is 73.8 cm³/mol. The smallest absolute Gasteiger partial charge is 0.225 e. The van der Waals surface area contributed by atoms with E-state index in [9.17, 15) is 9.90 Å². The fourth-order valence-electron chi connectivity index (χ4n) is 3.98. The van der Waals surface area contributed by atoms with Crippen molar-refractivity contribution in [1.29, 1.82) is 0 Å². The second-order valence-corrected chi connectivity index (χ2v) is 6.63. The molecule has 108 valence electrons. The van der Waals surface area contributed by atoms with Crippen LogP contribution in [0.5, 0.6) is 0 Å². The molecule has 1 amide bonds. The van der Waals surface area contributed by atoms with Crippen molar-refractivity contribution in [2.24, 2.45) is 0 Å². The summed E-state index contributed by atoms with van der Waals surface area (Å²) in [6, 6.07) is 0.574. The molecule has 0 aromatic rings. The van der Waals surface area contributed by atoms with E-state index in [2.05, 4.69) is 4.90 Å². The van der Waals surface area contributed by atoms with Gasteiger partial charge in [0.05, 0.1) is 12.0 Å². The fraction of sp³-hybridized carbons (Fsp3) is 0.933. The molecule has 4 nitrogen and oxygen atoms in total. The number of hydrogen-bond donors (Lipinski definition) is 1. The number of likely N-dealkylation sites (tertiary alicyclic amines) is 2. The van der Waals surface area contributed by atoms with Gasteiger partial charge in [-0.3, -0.25) is 9.69 Å². The largest absolute Gasteiger partial charge is 0.389 e. The van der Waals surface area contributed by atoms with Gasteiger partial charge in [-0.05, 0) is 45.2 Å². The van der Waals surface area contributed by atoms with Gasteiger partial charge in [-0.25, -0.2) is 0 Å². The average molecular weight is 266 g/mol. The van der Waals surface area contributed by atoms with Crippen molar-refractivity contribution < 1.29 is 9.90 Å². The number of carbonyl (C=O) groups excluding carboxylic acids is 1. The molecule has 0 aromatic heterocycles. The molecule has 1 N–H and O–H groups in total. The fourth-order valence-corrected chi connectivity index (χ4v) is 3.98. The first-order valence-corrected chi connectivity index (χ1v) is 7.91. The van der Waals surface area contributed by atoms with Gasteiger partial charge in [-0.2, -0.15) is 0 Å². The van der Waals surface area contributed by atoms with Crippen LogP contribution < -0.4 is 0 Å². The van der Waals surface area contributed by atoms with Crippen LogP contribution in [0.2, 0.25) is 0 Å². The number of hydrogen-bond acceptors (Lipinski definition) is 3. The lowest BCUT2D eigenvalue weighted by molar-refractivity contribution is -0.135. The van der Waals surface area contributed by atoms with Crippen molar-refractivity contribution in [2.75, 3.05) is 26.2 Å². The highest BCUT2D eigenvalue weighted by molar-refractivity contribution is 5.77. The minimum atomic E-state index is -0.692. The van der Waals surface area contributed by atoms with Gasteiger partial charge in [0.25, 0.3) is 0 Å². The van der Waals surface area contributed by atoms with E-state index in [0.29, 0.717) is 12.5 Å². The highest BCUT2D eigenvalue weighted by atomic mass is 16.3. The van der Waals surface area contributed by atoms with Crippen molar-refractivity contribution in [3.8, 4) is 0 Å². The second kappa shape index (κ2) is 5.41. The van der Waals surface area contributed by atoms with Gasteiger partial charge < -0.3 is 10.0 Å². The van der Waals surface area contributed by atoms with Crippen molar-refractivity contribution in [3.63, 3.8) is 0 Å². The van der Waals surface area contributed by atoms with Gasteiger partial charge in [0, 0.05) is 19.1 Å². The maximum Gasteiger partial charge on any atom is 0.225 e. The first kappa shape index (κ1) is 13.4. The number of carbonyl (C=O) groups is 1. The van der Waals surface area contributed by atoms with Crippen molar-refractivity contribution in [1.82, 2.24) is 9.80 Å². The number of nitrogens with zero attached hydrogens (tertiary/aromatic N) is 2. The summed E-state index contributed by atoms with van der Waals surface area (Å²) in [6.45, 7) is 4.18. The Bertz CT molecular complexity index is 333. The zero-order valence-corrected chi connectivity index (χ0v) is 11.8. The van der Waals surface area contributed by atoms with Gasteiger partial charge in [0.15, 0.2) is 0 Å². The van der Waals surface area contributed by atoms with Gasteiger partial charge in [-0.15, -0.1) is 0 Å². The van der Waals surface area contributed by atoms with Crippen LogP contribution in [0.15, 0.2) is 0 Å². The minimum Gasteiger partial charge on any atom is -0.389 e. The monoisotopic (exact) mass is 266 g/mol. The Labute approximate surface area is 115 Å². The quantitative estimate of drug-likeness (QED) is 0.839. The highest BCUT2D eigenvalue weighted by Gasteiger charge is 2.37. The Hall–Kier alpha value is -0.610. The van der Waals surface area contributed by atoms with Crippen LogP contribution in [0.25, 0.3) is 0 Å². The molecule has 3 rings (SSSR count). The third-order valence-electron chi connectivity index (χ3n) is 5.19. The summed E-state index contributed by atoms with van der Waals surface area (Å²) in [7, 11) is 0. The van der Waals surface area contributed by atoms with E-state index in [1.54, 1.807) is 0 Å². The van der Waals surface area contributed by atoms with E-state index in [-0.39, 0.29) is 5.91 Å². The van der Waals surface area contributed by atoms with Gasteiger partial charge in [-0.1, -0.05) is 12.8 Å². The zero-order chi connectivity index (χ0) is 13.3. The standard InChI is InChI=1S/C15H26N2O2/c18-14(11-15(19)6-1-2-7-15)17-10-5-13(12-17)16-8-3-4-9-16/h13,19H,1-12H2. The lowest BCUT2D eigenvalue weighted by Crippen LogP contribution is -2.40. The summed E-state index contributed by atoms with van der Waals surface area (Å²) < 4.78 is 0. The van der Waals surface area contributed by atoms with Crippen LogP contribution in [0, 0.1) is 0 Å². The topological polar surface area (TPSA) is 43.8 Å². The van der Waals surface area contributed by atoms with Crippen molar-refractivity contribution >= 4 is 5.91 Å². The SMILES string of the molecule is O=C(CC1(O)CCCC1)N1CCC(N2CCCC2)C1. The van der Waals surface area contributed by atoms with Crippen LogP contribution in [0.1, 0.15) is 51.4 Å². The summed E-state index contributed by atoms with van der Waals surface area (Å²) in [4.78, 5) is 16.8. The van der Waals surface area contributed by atoms with Crippen LogP contribution in [-0.2, 0) is 4.79 Å². The van der Waals surface area contributed by atoms with Gasteiger partial charge in [0.1, 0.15) is 0 Å². The Morgan fingerprint density at radius 1 is 1.11 bits per heavy atom. The Kier molecular flexibility index (Phi) is 3.81. The molecular formula is C15H26N2O2. The molecule has 2 saturated heterocycles. The maximum absolute atomic E-state index is 12.3. The van der Waals surface area contributed by atoms with Crippen molar-refractivity contribution in [3.05, 3.63) is 0 Å². The molecule has 1 aliphatic carbocycles. The van der Waals surface area contributed by atoms with Gasteiger partial charge in [0.2, 0.25) is 5.91 Å². The summed E-state index contributed by atoms with van der Waals surface area (Å²) >= 11 is 0. The molecule has 1 saturated carbocycles. The maximum atomic E-state index is 12.3. The number of rotatable bonds is 3. The normalized spacial score (nSPS) is 31.2.